The van der Waals surface area contributed by atoms with Crippen LogP contribution in [0.25, 0.3) is 0 Å². The van der Waals surface area contributed by atoms with Gasteiger partial charge in [0.2, 0.25) is 0 Å². The monoisotopic (exact) mass is 557 g/mol. The summed E-state index contributed by atoms with van der Waals surface area (Å²) in [5.74, 6) is 0.909. The van der Waals surface area contributed by atoms with Crippen molar-refractivity contribution in [1.82, 2.24) is 0 Å². The van der Waals surface area contributed by atoms with Crippen molar-refractivity contribution in [2.24, 2.45) is 4.74 Å². The first-order valence-electron chi connectivity index (χ1n) is 9.27. The Bertz CT molecular complexity index is 1080. The van der Waals surface area contributed by atoms with Crippen molar-refractivity contribution in [3.63, 3.8) is 0 Å². The molecule has 3 rings (SSSR count). The number of hydrogen-bond donors (Lipinski definition) is 0. The molecule has 0 aliphatic heterocycles. The third kappa shape index (κ3) is 4.77. The molecule has 2 nitrogen and oxygen atoms in total. The lowest BCUT2D eigenvalue weighted by molar-refractivity contribution is 0.563. The van der Waals surface area contributed by atoms with Gasteiger partial charge < -0.3 is 4.42 Å². The Morgan fingerprint density at radius 3 is 2.07 bits per heavy atom. The molecule has 0 amide bonds. The van der Waals surface area contributed by atoms with Gasteiger partial charge in [-0.2, -0.15) is 0 Å². The van der Waals surface area contributed by atoms with Crippen molar-refractivity contribution in [2.45, 2.75) is 46.7 Å². The van der Waals surface area contributed by atoms with Crippen LogP contribution in [-0.4, -0.2) is 5.16 Å². The van der Waals surface area contributed by atoms with E-state index in [1.54, 1.807) is 0 Å². The van der Waals surface area contributed by atoms with Crippen LogP contribution < -0.4 is 10.8 Å². The van der Waals surface area contributed by atoms with Gasteiger partial charge in [-0.3, -0.25) is 4.74 Å². The van der Waals surface area contributed by atoms with Gasteiger partial charge in [0.15, 0.2) is 0 Å². The second-order valence-electron chi connectivity index (χ2n) is 8.15. The molecule has 0 bridgehead atoms. The van der Waals surface area contributed by atoms with E-state index in [2.05, 4.69) is 109 Å². The fourth-order valence-electron chi connectivity index (χ4n) is 3.36. The maximum Gasteiger partial charge on any atom is 0.147 e. The SMILES string of the molecule is Cc1ccc(P(=Nc2ccc(C)c(C)c2)(c2ccc(Br)cc2Br)C(C)(C)C)o1.Cl. The maximum absolute atomic E-state index is 6.26. The molecule has 0 saturated heterocycles. The number of furan rings is 1. The van der Waals surface area contributed by atoms with Crippen molar-refractivity contribution in [3.05, 3.63) is 74.4 Å². The Labute approximate surface area is 197 Å². The van der Waals surface area contributed by atoms with Gasteiger partial charge in [-0.25, -0.2) is 0 Å². The fraction of sp³-hybridized carbons (Fsp3) is 0.304. The van der Waals surface area contributed by atoms with Gasteiger partial charge in [-0.1, -0.05) is 64.8 Å². The predicted molar refractivity (Wildman–Crippen MR) is 136 cm³/mol. The van der Waals surface area contributed by atoms with E-state index in [-0.39, 0.29) is 17.6 Å². The third-order valence-corrected chi connectivity index (χ3v) is 10.9. The number of nitrogens with zero attached hydrogens (tertiary/aromatic N) is 1. The molecule has 0 spiro atoms. The van der Waals surface area contributed by atoms with Crippen molar-refractivity contribution < 1.29 is 4.42 Å². The molecule has 0 saturated carbocycles. The molecule has 0 N–H and O–H groups in total. The Balaban J connectivity index is 0.00000300. The third-order valence-electron chi connectivity index (χ3n) is 5.03. The van der Waals surface area contributed by atoms with E-state index < -0.39 is 7.05 Å². The van der Waals surface area contributed by atoms with Gasteiger partial charge in [0, 0.05) is 19.4 Å². The largest absolute Gasteiger partial charge is 0.460 e. The van der Waals surface area contributed by atoms with Crippen molar-refractivity contribution in [1.29, 1.82) is 0 Å². The number of halogens is 3. The zero-order valence-corrected chi connectivity index (χ0v) is 22.5. The number of benzene rings is 2. The molecule has 0 fully saturated rings. The van der Waals surface area contributed by atoms with Gasteiger partial charge in [0.05, 0.1) is 12.7 Å². The second-order valence-corrected chi connectivity index (χ2v) is 13.7. The smallest absolute Gasteiger partial charge is 0.147 e. The quantitative estimate of drug-likeness (QED) is 0.296. The first-order valence-corrected chi connectivity index (χ1v) is 12.6. The second kappa shape index (κ2) is 9.14. The van der Waals surface area contributed by atoms with E-state index in [4.69, 9.17) is 9.16 Å². The van der Waals surface area contributed by atoms with E-state index >= 15 is 0 Å². The lowest BCUT2D eigenvalue weighted by atomic mass is 10.1. The molecule has 3 aromatic rings. The summed E-state index contributed by atoms with van der Waals surface area (Å²) >= 11 is 7.40. The molecule has 1 atom stereocenters. The van der Waals surface area contributed by atoms with Crippen LogP contribution in [-0.2, 0) is 0 Å². The van der Waals surface area contributed by atoms with Crippen molar-refractivity contribution >= 4 is 67.8 Å². The highest BCUT2D eigenvalue weighted by molar-refractivity contribution is 9.11. The zero-order chi connectivity index (χ0) is 20.7. The summed E-state index contributed by atoms with van der Waals surface area (Å²) in [6.07, 6.45) is 0. The van der Waals surface area contributed by atoms with Crippen LogP contribution >= 0.6 is 51.3 Å². The standard InChI is InChI=1S/C23H26Br2NOP.ClH/c1-15-7-10-19(13-16(15)2)26-28(23(4,5)6,22-12-8-17(3)27-22)21-11-9-18(24)14-20(21)25;/h7-14H,1-6H3;1H. The summed E-state index contributed by atoms with van der Waals surface area (Å²) < 4.78 is 13.8. The highest BCUT2D eigenvalue weighted by atomic mass is 79.9. The van der Waals surface area contributed by atoms with E-state index in [1.165, 1.54) is 16.4 Å². The highest BCUT2D eigenvalue weighted by Gasteiger charge is 2.41. The van der Waals surface area contributed by atoms with Crippen LogP contribution in [0.2, 0.25) is 0 Å². The van der Waals surface area contributed by atoms with E-state index in [9.17, 15) is 0 Å². The first-order chi connectivity index (χ1) is 13.0. The molecule has 2 aromatic carbocycles. The Morgan fingerprint density at radius 2 is 1.55 bits per heavy atom. The molecule has 0 radical (unpaired) electrons. The van der Waals surface area contributed by atoms with Crippen molar-refractivity contribution in [2.75, 3.05) is 0 Å². The van der Waals surface area contributed by atoms with Gasteiger partial charge in [0.25, 0.3) is 0 Å². The zero-order valence-electron chi connectivity index (χ0n) is 17.6. The van der Waals surface area contributed by atoms with Gasteiger partial charge in [0.1, 0.15) is 11.3 Å². The van der Waals surface area contributed by atoms with Crippen LogP contribution in [0.15, 0.2) is 66.6 Å². The normalized spacial score (nSPS) is 13.5. The van der Waals surface area contributed by atoms with Gasteiger partial charge >= 0.3 is 0 Å². The molecule has 29 heavy (non-hydrogen) atoms. The lowest BCUT2D eigenvalue weighted by Crippen LogP contribution is -2.31. The van der Waals surface area contributed by atoms with Crippen LogP contribution in [0.4, 0.5) is 5.69 Å². The van der Waals surface area contributed by atoms with E-state index in [0.717, 1.165) is 25.9 Å². The maximum atomic E-state index is 6.26. The molecular weight excluding hydrogens is 532 g/mol. The molecule has 0 aliphatic rings. The molecule has 156 valence electrons. The Hall–Kier alpha value is -0.800. The molecule has 1 aromatic heterocycles. The average Bonchev–Trinajstić information content (AvgIpc) is 3.02. The highest BCUT2D eigenvalue weighted by Crippen LogP contribution is 2.61. The summed E-state index contributed by atoms with van der Waals surface area (Å²) in [5, 5.41) is 1.06. The molecule has 1 unspecified atom stereocenters. The van der Waals surface area contributed by atoms with Gasteiger partial charge in [-0.05, 0) is 68.3 Å². The van der Waals surface area contributed by atoms with Crippen LogP contribution in [0.3, 0.4) is 0 Å². The Morgan fingerprint density at radius 1 is 0.862 bits per heavy atom. The van der Waals surface area contributed by atoms with Crippen LogP contribution in [0.1, 0.15) is 37.7 Å². The minimum Gasteiger partial charge on any atom is -0.460 e. The first kappa shape index (κ1) is 24.5. The van der Waals surface area contributed by atoms with Crippen LogP contribution in [0, 0.1) is 20.8 Å². The Kier molecular flexibility index (Phi) is 7.71. The van der Waals surface area contributed by atoms with Gasteiger partial charge in [-0.15, -0.1) is 12.4 Å². The predicted octanol–water partition coefficient (Wildman–Crippen LogP) is 8.43. The molecule has 0 aliphatic carbocycles. The average molecular weight is 560 g/mol. The van der Waals surface area contributed by atoms with E-state index in [0.29, 0.717) is 0 Å². The minimum absolute atomic E-state index is 0. The topological polar surface area (TPSA) is 25.5 Å². The fourth-order valence-corrected chi connectivity index (χ4v) is 9.01. The van der Waals surface area contributed by atoms with E-state index in [1.807, 2.05) is 13.0 Å². The summed E-state index contributed by atoms with van der Waals surface area (Å²) in [5.41, 5.74) is 4.48. The summed E-state index contributed by atoms with van der Waals surface area (Å²) in [7, 11) is -2.29. The number of rotatable bonds is 3. The molecule has 1 heterocycles. The van der Waals surface area contributed by atoms with Crippen molar-refractivity contribution in [3.8, 4) is 0 Å². The summed E-state index contributed by atoms with van der Waals surface area (Å²) in [6.45, 7) is 13.0. The minimum atomic E-state index is -2.29. The number of aryl methyl sites for hydroxylation is 3. The summed E-state index contributed by atoms with van der Waals surface area (Å²) in [4.78, 5) is 0. The number of hydrogen-bond acceptors (Lipinski definition) is 2. The van der Waals surface area contributed by atoms with Crippen LogP contribution in [0.5, 0.6) is 0 Å². The molecule has 6 heteroatoms. The summed E-state index contributed by atoms with van der Waals surface area (Å²) in [6, 6.07) is 17.0. The lowest BCUT2D eigenvalue weighted by Gasteiger charge is -2.36. The molecular formula is C23H27Br2ClNOP.